The Hall–Kier alpha value is -1.07. The summed E-state index contributed by atoms with van der Waals surface area (Å²) in [6, 6.07) is 5.59. The smallest absolute Gasteiger partial charge is 0.257 e. The fraction of sp³-hybridized carbons (Fsp3) is 0.588. The molecule has 0 aliphatic carbocycles. The zero-order chi connectivity index (χ0) is 16.3. The Labute approximate surface area is 141 Å². The second kappa shape index (κ2) is 7.47. The average Bonchev–Trinajstić information content (AvgIpc) is 2.47. The highest BCUT2D eigenvalue weighted by Crippen LogP contribution is 2.26. The van der Waals surface area contributed by atoms with E-state index < -0.39 is 0 Å². The van der Waals surface area contributed by atoms with E-state index in [0.717, 1.165) is 36.9 Å². The highest BCUT2D eigenvalue weighted by Gasteiger charge is 2.26. The van der Waals surface area contributed by atoms with Crippen molar-refractivity contribution in [1.82, 2.24) is 9.80 Å². The summed E-state index contributed by atoms with van der Waals surface area (Å²) in [4.78, 5) is 16.7. The van der Waals surface area contributed by atoms with Gasteiger partial charge in [0.2, 0.25) is 0 Å². The Kier molecular flexibility index (Phi) is 5.87. The number of benzene rings is 1. The van der Waals surface area contributed by atoms with Crippen molar-refractivity contribution in [3.63, 3.8) is 0 Å². The molecule has 122 valence electrons. The first-order valence-electron chi connectivity index (χ1n) is 7.86. The predicted molar refractivity (Wildman–Crippen MR) is 92.2 cm³/mol. The van der Waals surface area contributed by atoms with Crippen molar-refractivity contribution in [2.45, 2.75) is 32.7 Å². The van der Waals surface area contributed by atoms with Gasteiger partial charge in [-0.2, -0.15) is 0 Å². The van der Waals surface area contributed by atoms with Gasteiger partial charge in [-0.15, -0.1) is 0 Å². The van der Waals surface area contributed by atoms with Gasteiger partial charge in [0.15, 0.2) is 0 Å². The summed E-state index contributed by atoms with van der Waals surface area (Å²) in [6.07, 6.45) is 2.06. The van der Waals surface area contributed by atoms with Crippen LogP contribution in [0.5, 0.6) is 5.75 Å². The normalized spacial score (nSPS) is 16.5. The maximum absolute atomic E-state index is 12.5. The predicted octanol–water partition coefficient (Wildman–Crippen LogP) is 3.35. The van der Waals surface area contributed by atoms with Gasteiger partial charge in [0.25, 0.3) is 5.91 Å². The van der Waals surface area contributed by atoms with E-state index in [4.69, 9.17) is 0 Å². The molecule has 22 heavy (non-hydrogen) atoms. The lowest BCUT2D eigenvalue weighted by atomic mass is 9.95. The second-order valence-corrected chi connectivity index (χ2v) is 7.35. The van der Waals surface area contributed by atoms with Crippen molar-refractivity contribution >= 4 is 21.8 Å². The Balaban J connectivity index is 1.92. The molecule has 0 unspecified atom stereocenters. The number of aromatic hydroxyl groups is 1. The number of piperidine rings is 1. The zero-order valence-electron chi connectivity index (χ0n) is 13.6. The van der Waals surface area contributed by atoms with Crippen molar-refractivity contribution < 1.29 is 9.90 Å². The quantitative estimate of drug-likeness (QED) is 0.885. The summed E-state index contributed by atoms with van der Waals surface area (Å²) < 4.78 is 0.775. The molecular weight excluding hydrogens is 344 g/mol. The molecule has 0 radical (unpaired) electrons. The summed E-state index contributed by atoms with van der Waals surface area (Å²) in [5.41, 5.74) is 0.390. The number of halogens is 1. The van der Waals surface area contributed by atoms with Gasteiger partial charge in [0.05, 0.1) is 5.56 Å². The van der Waals surface area contributed by atoms with Crippen LogP contribution in [-0.4, -0.2) is 53.5 Å². The van der Waals surface area contributed by atoms with E-state index in [1.807, 2.05) is 4.90 Å². The van der Waals surface area contributed by atoms with Crippen LogP contribution in [0.3, 0.4) is 0 Å². The van der Waals surface area contributed by atoms with Crippen molar-refractivity contribution in [2.75, 3.05) is 26.7 Å². The van der Waals surface area contributed by atoms with Crippen LogP contribution in [0.1, 0.15) is 37.0 Å². The zero-order valence-corrected chi connectivity index (χ0v) is 15.1. The Morgan fingerprint density at radius 2 is 2.05 bits per heavy atom. The van der Waals surface area contributed by atoms with Crippen molar-refractivity contribution in [2.24, 2.45) is 5.92 Å². The monoisotopic (exact) mass is 368 g/mol. The average molecular weight is 369 g/mol. The maximum atomic E-state index is 12.5. The van der Waals surface area contributed by atoms with Gasteiger partial charge >= 0.3 is 0 Å². The summed E-state index contributed by atoms with van der Waals surface area (Å²) in [5.74, 6) is 0.622. The number of hydrogen-bond donors (Lipinski definition) is 1. The van der Waals surface area contributed by atoms with Gasteiger partial charge in [-0.25, -0.2) is 0 Å². The topological polar surface area (TPSA) is 43.8 Å². The third-order valence-electron chi connectivity index (χ3n) is 4.52. The van der Waals surface area contributed by atoms with Crippen LogP contribution in [0.2, 0.25) is 0 Å². The Morgan fingerprint density at radius 3 is 2.59 bits per heavy atom. The van der Waals surface area contributed by atoms with Gasteiger partial charge in [0.1, 0.15) is 5.75 Å². The SMILES string of the molecule is CC(C)N(C)CC1CCN(C(=O)c2ccc(Br)cc2O)CC1. The minimum atomic E-state index is -0.0688. The lowest BCUT2D eigenvalue weighted by Crippen LogP contribution is -2.42. The molecule has 0 atom stereocenters. The van der Waals surface area contributed by atoms with E-state index in [0.29, 0.717) is 17.5 Å². The lowest BCUT2D eigenvalue weighted by molar-refractivity contribution is 0.0663. The standard InChI is InChI=1S/C17H25BrN2O2/c1-12(2)19(3)11-13-6-8-20(9-7-13)17(22)15-5-4-14(18)10-16(15)21/h4-5,10,12-13,21H,6-9,11H2,1-3H3. The molecule has 5 heteroatoms. The first kappa shape index (κ1) is 17.3. The molecule has 1 aliphatic heterocycles. The van der Waals surface area contributed by atoms with E-state index in [-0.39, 0.29) is 11.7 Å². The third kappa shape index (κ3) is 4.23. The number of phenols is 1. The highest BCUT2D eigenvalue weighted by molar-refractivity contribution is 9.10. The molecule has 1 aromatic rings. The maximum Gasteiger partial charge on any atom is 0.257 e. The van der Waals surface area contributed by atoms with E-state index in [9.17, 15) is 9.90 Å². The van der Waals surface area contributed by atoms with Crippen LogP contribution >= 0.6 is 15.9 Å². The van der Waals surface area contributed by atoms with Crippen LogP contribution in [0.25, 0.3) is 0 Å². The van der Waals surface area contributed by atoms with Crippen molar-refractivity contribution in [1.29, 1.82) is 0 Å². The third-order valence-corrected chi connectivity index (χ3v) is 5.01. The molecule has 0 bridgehead atoms. The molecule has 1 amide bonds. The number of nitrogens with zero attached hydrogens (tertiary/aromatic N) is 2. The molecule has 0 aromatic heterocycles. The number of likely N-dealkylation sites (tertiary alicyclic amines) is 1. The number of phenolic OH excluding ortho intramolecular Hbond substituents is 1. The van der Waals surface area contributed by atoms with Crippen molar-refractivity contribution in [3.8, 4) is 5.75 Å². The molecule has 1 fully saturated rings. The molecule has 4 nitrogen and oxygen atoms in total. The summed E-state index contributed by atoms with van der Waals surface area (Å²) >= 11 is 3.29. The second-order valence-electron chi connectivity index (χ2n) is 6.43. The molecule has 0 saturated carbocycles. The van der Waals surface area contributed by atoms with Gasteiger partial charge in [-0.3, -0.25) is 4.79 Å². The van der Waals surface area contributed by atoms with E-state index >= 15 is 0 Å². The molecule has 1 heterocycles. The minimum absolute atomic E-state index is 0.0426. The van der Waals surface area contributed by atoms with E-state index in [1.54, 1.807) is 18.2 Å². The molecule has 2 rings (SSSR count). The summed E-state index contributed by atoms with van der Waals surface area (Å²) in [7, 11) is 2.15. The fourth-order valence-corrected chi connectivity index (χ4v) is 3.14. The summed E-state index contributed by atoms with van der Waals surface area (Å²) in [6.45, 7) is 7.03. The highest BCUT2D eigenvalue weighted by atomic mass is 79.9. The number of rotatable bonds is 4. The van der Waals surface area contributed by atoms with Crippen LogP contribution < -0.4 is 0 Å². The minimum Gasteiger partial charge on any atom is -0.507 e. The molecule has 1 saturated heterocycles. The van der Waals surface area contributed by atoms with Gasteiger partial charge < -0.3 is 14.9 Å². The lowest BCUT2D eigenvalue weighted by Gasteiger charge is -2.35. The van der Waals surface area contributed by atoms with Crippen LogP contribution in [0.15, 0.2) is 22.7 Å². The molecule has 1 aromatic carbocycles. The Bertz CT molecular complexity index is 525. The molecular formula is C17H25BrN2O2. The number of amides is 1. The number of carbonyl (C=O) groups is 1. The van der Waals surface area contributed by atoms with Crippen LogP contribution in [-0.2, 0) is 0 Å². The number of carbonyl (C=O) groups excluding carboxylic acids is 1. The van der Waals surface area contributed by atoms with Gasteiger partial charge in [0, 0.05) is 30.1 Å². The van der Waals surface area contributed by atoms with Crippen LogP contribution in [0, 0.1) is 5.92 Å². The number of hydrogen-bond acceptors (Lipinski definition) is 3. The largest absolute Gasteiger partial charge is 0.507 e. The van der Waals surface area contributed by atoms with Gasteiger partial charge in [-0.05, 0) is 57.9 Å². The molecule has 0 spiro atoms. The van der Waals surface area contributed by atoms with E-state index in [1.165, 1.54) is 0 Å². The first-order valence-corrected chi connectivity index (χ1v) is 8.65. The van der Waals surface area contributed by atoms with Crippen LogP contribution in [0.4, 0.5) is 0 Å². The first-order chi connectivity index (χ1) is 10.4. The van der Waals surface area contributed by atoms with Crippen molar-refractivity contribution in [3.05, 3.63) is 28.2 Å². The fourth-order valence-electron chi connectivity index (χ4n) is 2.79. The molecule has 1 N–H and O–H groups in total. The molecule has 1 aliphatic rings. The van der Waals surface area contributed by atoms with E-state index in [2.05, 4.69) is 41.7 Å². The Morgan fingerprint density at radius 1 is 1.41 bits per heavy atom. The van der Waals surface area contributed by atoms with Gasteiger partial charge in [-0.1, -0.05) is 15.9 Å². The summed E-state index contributed by atoms with van der Waals surface area (Å²) in [5, 5.41) is 9.94.